The number of primary amides is 1. The van der Waals surface area contributed by atoms with Crippen LogP contribution in [0.15, 0.2) is 60.9 Å². The van der Waals surface area contributed by atoms with Crippen LogP contribution in [0.4, 0.5) is 20.3 Å². The van der Waals surface area contributed by atoms with Crippen molar-refractivity contribution in [2.75, 3.05) is 10.2 Å². The third-order valence-electron chi connectivity index (χ3n) is 8.15. The molecule has 1 aliphatic carbocycles. The van der Waals surface area contributed by atoms with E-state index in [1.54, 1.807) is 62.1 Å². The number of nitrogens with zero attached hydrogens (tertiary/aromatic N) is 4. The summed E-state index contributed by atoms with van der Waals surface area (Å²) in [5.74, 6) is 0.332. The average Bonchev–Trinajstić information content (AvgIpc) is 3.88. The Bertz CT molecular complexity index is 1870. The number of anilines is 2. The number of carbonyl (C=O) groups is 2. The minimum atomic E-state index is -2.97. The number of hydrogen-bond acceptors (Lipinski definition) is 9. The number of amides is 2. The molecular weight excluding hydrogens is 668 g/mol. The van der Waals surface area contributed by atoms with Crippen molar-refractivity contribution >= 4 is 41.1 Å². The van der Waals surface area contributed by atoms with Crippen molar-refractivity contribution in [3.63, 3.8) is 0 Å². The first-order valence-corrected chi connectivity index (χ1v) is 16.4. The van der Waals surface area contributed by atoms with Crippen LogP contribution in [0.25, 0.3) is 11.1 Å². The molecule has 1 unspecified atom stereocenters. The summed E-state index contributed by atoms with van der Waals surface area (Å²) in [4.78, 5) is 41.2. The predicted molar refractivity (Wildman–Crippen MR) is 187 cm³/mol. The fraction of sp³-hybridized carbons (Fsp3) is 0.333. The van der Waals surface area contributed by atoms with Gasteiger partial charge in [0.15, 0.2) is 5.60 Å². The Hall–Kier alpha value is -5.17. The lowest BCUT2D eigenvalue weighted by Gasteiger charge is -2.39. The van der Waals surface area contributed by atoms with Gasteiger partial charge in [-0.2, -0.15) is 8.78 Å². The van der Waals surface area contributed by atoms with Gasteiger partial charge in [0, 0.05) is 24.0 Å². The summed E-state index contributed by atoms with van der Waals surface area (Å²) >= 11 is 6.02. The van der Waals surface area contributed by atoms with E-state index in [4.69, 9.17) is 32.5 Å². The van der Waals surface area contributed by atoms with Crippen LogP contribution in [0.5, 0.6) is 11.6 Å². The van der Waals surface area contributed by atoms with Gasteiger partial charge in [0.1, 0.15) is 11.6 Å². The molecule has 1 saturated carbocycles. The van der Waals surface area contributed by atoms with Crippen LogP contribution in [-0.4, -0.2) is 45.2 Å². The van der Waals surface area contributed by atoms with E-state index in [1.807, 2.05) is 13.0 Å². The second kappa shape index (κ2) is 15.2. The summed E-state index contributed by atoms with van der Waals surface area (Å²) < 4.78 is 35.8. The number of pyridine rings is 3. The van der Waals surface area contributed by atoms with Gasteiger partial charge in [-0.3, -0.25) is 19.5 Å². The molecule has 0 bridgehead atoms. The summed E-state index contributed by atoms with van der Waals surface area (Å²) in [6.45, 7) is 4.19. The number of alkyl halides is 2. The Labute approximate surface area is 293 Å². The molecule has 4 N–H and O–H groups in total. The number of benzene rings is 1. The first-order chi connectivity index (χ1) is 23.8. The van der Waals surface area contributed by atoms with Gasteiger partial charge >= 0.3 is 6.61 Å². The maximum atomic E-state index is 13.5. The number of carbonyl (C=O) groups excluding carboxylic acids is 2. The Morgan fingerprint density at radius 1 is 1.18 bits per heavy atom. The highest BCUT2D eigenvalue weighted by molar-refractivity contribution is 6.30. The minimum Gasteiger partial charge on any atom is -0.476 e. The van der Waals surface area contributed by atoms with E-state index in [9.17, 15) is 18.4 Å². The van der Waals surface area contributed by atoms with E-state index >= 15 is 0 Å². The fourth-order valence-corrected chi connectivity index (χ4v) is 5.70. The second-order valence-corrected chi connectivity index (χ2v) is 12.9. The van der Waals surface area contributed by atoms with Gasteiger partial charge in [-0.1, -0.05) is 23.7 Å². The number of hydrogen-bond donors (Lipinski definition) is 3. The van der Waals surface area contributed by atoms with Crippen molar-refractivity contribution in [3.05, 3.63) is 88.5 Å². The third-order valence-corrected chi connectivity index (χ3v) is 8.37. The molecule has 2 amide bonds. The van der Waals surface area contributed by atoms with E-state index in [1.165, 1.54) is 24.7 Å². The van der Waals surface area contributed by atoms with Gasteiger partial charge in [0.2, 0.25) is 5.88 Å². The van der Waals surface area contributed by atoms with Crippen molar-refractivity contribution in [1.82, 2.24) is 15.0 Å². The molecule has 1 atom stereocenters. The van der Waals surface area contributed by atoms with Crippen molar-refractivity contribution in [1.29, 1.82) is 5.41 Å². The first kappa shape index (κ1) is 36.1. The Morgan fingerprint density at radius 2 is 1.92 bits per heavy atom. The lowest BCUT2D eigenvalue weighted by atomic mass is 9.94. The number of nitrogens with one attached hydrogen (secondary N) is 2. The van der Waals surface area contributed by atoms with Gasteiger partial charge in [0.25, 0.3) is 11.8 Å². The molecule has 262 valence electrons. The molecule has 6 rings (SSSR count). The van der Waals surface area contributed by atoms with Crippen molar-refractivity contribution in [3.8, 4) is 22.8 Å². The molecule has 1 fully saturated rings. The van der Waals surface area contributed by atoms with Gasteiger partial charge in [0.05, 0.1) is 40.2 Å². The lowest BCUT2D eigenvalue weighted by molar-refractivity contribution is -0.132. The van der Waals surface area contributed by atoms with Crippen LogP contribution < -0.4 is 25.4 Å². The summed E-state index contributed by atoms with van der Waals surface area (Å²) in [6, 6.07) is 13.3. The summed E-state index contributed by atoms with van der Waals surface area (Å²) in [5.41, 5.74) is 8.84. The van der Waals surface area contributed by atoms with E-state index in [0.717, 1.165) is 12.8 Å². The highest BCUT2D eigenvalue weighted by Gasteiger charge is 2.41. The van der Waals surface area contributed by atoms with Crippen molar-refractivity contribution in [2.45, 2.75) is 71.8 Å². The van der Waals surface area contributed by atoms with Crippen LogP contribution in [0, 0.1) is 11.3 Å². The second-order valence-electron chi connectivity index (χ2n) is 12.5. The van der Waals surface area contributed by atoms with Crippen molar-refractivity contribution < 1.29 is 27.8 Å². The molecule has 4 aromatic rings. The van der Waals surface area contributed by atoms with Gasteiger partial charge in [-0.15, -0.1) is 0 Å². The molecule has 1 aliphatic heterocycles. The van der Waals surface area contributed by atoms with Crippen LogP contribution in [0.2, 0.25) is 5.02 Å². The standard InChI is InChI=1S/C34H33ClF2N6O4.C2H5N/c1-18(21-7-11-29(40-15-21)46-33(36)37)41-28-14-24(30(31(38)44)25(42-28)12-19-4-5-19)20-6-10-26-27(13-20)47-34(2,3)32(45)43(26)17-23-9-8-22(35)16-39-23;1-2-3/h6-11,13-16,18-19,33H,4-5,12,17H2,1-3H3,(H2,38,44)(H,41,42);2-3H,1H3. The van der Waals surface area contributed by atoms with E-state index < -0.39 is 18.1 Å². The highest BCUT2D eigenvalue weighted by Crippen LogP contribution is 2.43. The normalized spacial score (nSPS) is 15.3. The molecular formula is C36H38ClF2N7O4. The number of fused-ring (bicyclic) bond motifs is 1. The zero-order chi connectivity index (χ0) is 36.2. The third kappa shape index (κ3) is 8.51. The summed E-state index contributed by atoms with van der Waals surface area (Å²) in [7, 11) is 0. The van der Waals surface area contributed by atoms with Crippen LogP contribution >= 0.6 is 11.6 Å². The molecule has 14 heteroatoms. The number of nitrogens with two attached hydrogens (primary N) is 1. The Kier molecular flexibility index (Phi) is 11.0. The predicted octanol–water partition coefficient (Wildman–Crippen LogP) is 7.38. The fourth-order valence-electron chi connectivity index (χ4n) is 5.59. The quantitative estimate of drug-likeness (QED) is 0.137. The minimum absolute atomic E-state index is 0.184. The molecule has 2 aliphatic rings. The summed E-state index contributed by atoms with van der Waals surface area (Å²) in [5, 5.41) is 9.93. The molecule has 1 aromatic carbocycles. The topological polar surface area (TPSA) is 156 Å². The monoisotopic (exact) mass is 705 g/mol. The Balaban J connectivity index is 0.00000156. The van der Waals surface area contributed by atoms with Crippen LogP contribution in [0.1, 0.15) is 73.9 Å². The first-order valence-electron chi connectivity index (χ1n) is 16.0. The molecule has 0 radical (unpaired) electrons. The zero-order valence-corrected chi connectivity index (χ0v) is 28.8. The average molecular weight is 706 g/mol. The smallest absolute Gasteiger partial charge is 0.388 e. The molecule has 11 nitrogen and oxygen atoms in total. The van der Waals surface area contributed by atoms with Gasteiger partial charge < -0.3 is 25.9 Å². The number of rotatable bonds is 11. The van der Waals surface area contributed by atoms with Gasteiger partial charge in [-0.25, -0.2) is 9.97 Å². The van der Waals surface area contributed by atoms with Crippen LogP contribution in [0.3, 0.4) is 0 Å². The SMILES string of the molecule is CC(Nc1cc(-c2ccc3c(c2)OC(C)(C)C(=O)N3Cc2ccc(Cl)cn2)c(C(N)=O)c(CC2CC2)n1)c1ccc(OC(F)F)nc1.CC=N. The van der Waals surface area contributed by atoms with E-state index in [0.29, 0.717) is 68.3 Å². The molecule has 3 aromatic heterocycles. The van der Waals surface area contributed by atoms with Crippen molar-refractivity contribution in [2.24, 2.45) is 11.7 Å². The number of ether oxygens (including phenoxy) is 2. The Morgan fingerprint density at radius 3 is 2.52 bits per heavy atom. The molecule has 0 spiro atoms. The summed E-state index contributed by atoms with van der Waals surface area (Å²) in [6.07, 6.45) is 6.90. The molecule has 50 heavy (non-hydrogen) atoms. The zero-order valence-electron chi connectivity index (χ0n) is 28.0. The maximum absolute atomic E-state index is 13.5. The molecule has 0 saturated heterocycles. The lowest BCUT2D eigenvalue weighted by Crippen LogP contribution is -2.52. The molecule has 4 heterocycles. The van der Waals surface area contributed by atoms with Gasteiger partial charge in [-0.05, 0) is 101 Å². The van der Waals surface area contributed by atoms with E-state index in [-0.39, 0.29) is 24.4 Å². The largest absolute Gasteiger partial charge is 0.476 e. The van der Waals surface area contributed by atoms with Crippen LogP contribution in [-0.2, 0) is 17.8 Å². The highest BCUT2D eigenvalue weighted by atomic mass is 35.5. The number of aromatic nitrogens is 3. The van der Waals surface area contributed by atoms with E-state index in [2.05, 4.69) is 20.0 Å². The maximum Gasteiger partial charge on any atom is 0.388 e. The number of halogens is 3.